The number of benzene rings is 3. The fraction of sp³-hybridized carbons (Fsp3) is 0.581. The summed E-state index contributed by atoms with van der Waals surface area (Å²) in [6.45, 7) is 20.6. The summed E-state index contributed by atoms with van der Waals surface area (Å²) in [5.41, 5.74) is 8.51. The molecule has 6 saturated heterocycles. The second-order valence-corrected chi connectivity index (χ2v) is 34.3. The average Bonchev–Trinajstić information content (AvgIpc) is 1.13. The van der Waals surface area contributed by atoms with Crippen molar-refractivity contribution in [1.82, 2.24) is 44.4 Å². The SMILES string of the molecule is CCc1ccc(-c2cc(NC3CC4(CCN(C5CC5)CC4)C3)c3cc(OC)c(OCCCN4CCCC4)cc3n2)o1.CCc1ccc(-c2cc(NC3CCN(C)CC3)c3cc(OC)c(OCCCN4CCC(F)(F)C4)cc3n2)o1.CCc1ccc(-c2cc(NC3CCN(C)CC3)c3cc(OC)c(OCCCN4CCC(F)(F)CC4)cc3n2)o1. The average molecular weight is 1630 g/mol. The van der Waals surface area contributed by atoms with Crippen molar-refractivity contribution in [3.8, 4) is 68.9 Å². The van der Waals surface area contributed by atoms with Gasteiger partial charge in [0.05, 0.1) is 64.2 Å². The molecule has 3 aromatic carbocycles. The number of rotatable bonds is 31. The number of fused-ring (bicyclic) bond motifs is 3. The molecular weight excluding hydrogens is 1510 g/mol. The molecule has 3 N–H and O–H groups in total. The van der Waals surface area contributed by atoms with Crippen molar-refractivity contribution in [2.75, 3.05) is 169 Å². The van der Waals surface area contributed by atoms with Crippen molar-refractivity contribution < 1.29 is 59.2 Å². The third kappa shape index (κ3) is 21.4. The Hall–Kier alpha value is -8.59. The third-order valence-electron chi connectivity index (χ3n) is 25.5. The predicted octanol–water partition coefficient (Wildman–Crippen LogP) is 18.5. The van der Waals surface area contributed by atoms with Crippen LogP contribution in [0.1, 0.15) is 154 Å². The Morgan fingerprint density at radius 1 is 0.407 bits per heavy atom. The number of alkyl halides is 4. The number of halogens is 4. The van der Waals surface area contributed by atoms with E-state index in [0.29, 0.717) is 99.0 Å². The Balaban J connectivity index is 0.000000139. The highest BCUT2D eigenvalue weighted by molar-refractivity contribution is 5.98. The molecule has 6 aliphatic heterocycles. The van der Waals surface area contributed by atoms with Crippen LogP contribution in [0.15, 0.2) is 104 Å². The summed E-state index contributed by atoms with van der Waals surface area (Å²) in [7, 11) is 9.32. The van der Waals surface area contributed by atoms with Crippen molar-refractivity contribution in [2.45, 2.75) is 192 Å². The van der Waals surface area contributed by atoms with Crippen LogP contribution in [0.2, 0.25) is 0 Å². The fourth-order valence-corrected chi connectivity index (χ4v) is 18.2. The molecule has 2 aliphatic carbocycles. The Labute approximate surface area is 693 Å². The van der Waals surface area contributed by atoms with Crippen LogP contribution in [0, 0.1) is 5.41 Å². The maximum absolute atomic E-state index is 13.5. The molecule has 0 bridgehead atoms. The molecule has 0 atom stereocenters. The lowest BCUT2D eigenvalue weighted by Crippen LogP contribution is -2.51. The van der Waals surface area contributed by atoms with Gasteiger partial charge in [-0.3, -0.25) is 4.90 Å². The van der Waals surface area contributed by atoms with Crippen molar-refractivity contribution in [3.63, 3.8) is 0 Å². The summed E-state index contributed by atoms with van der Waals surface area (Å²) >= 11 is 0. The molecule has 21 nitrogen and oxygen atoms in total. The topological polar surface area (TPSA) is 189 Å². The molecule has 118 heavy (non-hydrogen) atoms. The minimum absolute atomic E-state index is 0.0658. The number of anilines is 3. The minimum Gasteiger partial charge on any atom is -0.493 e. The standard InChI is InChI=1S/C34H46N4O3.C30H40F2N4O3.C29H38F2N4O3/c1-3-26-9-10-31(41-26)30-20-28(35-24-22-34(23-24)11-16-38(17-12-34)25-7-8-25)27-19-32(39-2)33(21-29(27)36-30)40-18-6-15-37-13-4-5-14-37;1-4-22-6-7-27(39-22)26-19-24(33-21-8-13-35(2)14-9-21)23-18-28(37-3)29(20-25(23)34-26)38-17-5-12-36-15-10-30(31,32)11-16-36;1-4-21-6-7-26(38-21)25-17-23(32-20-8-12-34(2)13-9-20)22-16-27(36-3)28(18-24(22)33-25)37-15-5-11-35-14-10-29(30,31)19-35/h9-10,19-21,24-25H,3-8,11-18,22-23H2,1-2H3,(H,35,36);6-7,18-21H,4-5,8-17H2,1-3H3,(H,33,34);6-7,16-18,20H,4-5,8-15,19H2,1-3H3,(H,32,33). The molecule has 12 heterocycles. The highest BCUT2D eigenvalue weighted by Crippen LogP contribution is 2.52. The van der Waals surface area contributed by atoms with Gasteiger partial charge in [0.15, 0.2) is 51.8 Å². The van der Waals surface area contributed by atoms with Crippen molar-refractivity contribution in [2.24, 2.45) is 5.41 Å². The zero-order valence-electron chi connectivity index (χ0n) is 70.8. The molecule has 25 heteroatoms. The van der Waals surface area contributed by atoms with E-state index in [1.807, 2.05) is 54.6 Å². The van der Waals surface area contributed by atoms with Crippen molar-refractivity contribution in [3.05, 3.63) is 108 Å². The van der Waals surface area contributed by atoms with Crippen LogP contribution in [0.5, 0.6) is 34.5 Å². The summed E-state index contributed by atoms with van der Waals surface area (Å²) in [6, 6.07) is 32.4. The normalized spacial score (nSPS) is 19.7. The van der Waals surface area contributed by atoms with E-state index in [1.165, 1.54) is 77.5 Å². The lowest BCUT2D eigenvalue weighted by atomic mass is 9.60. The zero-order valence-corrected chi connectivity index (χ0v) is 70.8. The van der Waals surface area contributed by atoms with Crippen LogP contribution in [-0.4, -0.2) is 234 Å². The maximum Gasteiger partial charge on any atom is 0.261 e. The second kappa shape index (κ2) is 38.4. The fourth-order valence-electron chi connectivity index (χ4n) is 18.2. The summed E-state index contributed by atoms with van der Waals surface area (Å²) in [5, 5.41) is 14.5. The molecule has 8 fully saturated rings. The first-order valence-electron chi connectivity index (χ1n) is 43.9. The third-order valence-corrected chi connectivity index (χ3v) is 25.5. The van der Waals surface area contributed by atoms with Crippen LogP contribution in [0.25, 0.3) is 67.1 Å². The van der Waals surface area contributed by atoms with E-state index in [4.69, 9.17) is 56.6 Å². The van der Waals surface area contributed by atoms with Crippen LogP contribution in [-0.2, 0) is 19.3 Å². The number of furan rings is 3. The molecule has 8 aliphatic rings. The Bertz CT molecular complexity index is 4770. The zero-order chi connectivity index (χ0) is 81.9. The number of hydrogen-bond acceptors (Lipinski definition) is 21. The molecule has 0 unspecified atom stereocenters. The van der Waals surface area contributed by atoms with Gasteiger partial charge in [0.2, 0.25) is 0 Å². The van der Waals surface area contributed by atoms with Crippen LogP contribution < -0.4 is 44.4 Å². The Kier molecular flexibility index (Phi) is 27.5. The quantitative estimate of drug-likeness (QED) is 0.0275. The van der Waals surface area contributed by atoms with Gasteiger partial charge in [-0.05, 0) is 241 Å². The van der Waals surface area contributed by atoms with Gasteiger partial charge >= 0.3 is 0 Å². The summed E-state index contributed by atoms with van der Waals surface area (Å²) < 4.78 is 108. The molecule has 1 spiro atoms. The first kappa shape index (κ1) is 84.4. The van der Waals surface area contributed by atoms with E-state index in [-0.39, 0.29) is 25.8 Å². The van der Waals surface area contributed by atoms with Gasteiger partial charge in [-0.15, -0.1) is 0 Å². The number of likely N-dealkylation sites (tertiary alicyclic amines) is 6. The number of pyridine rings is 3. The van der Waals surface area contributed by atoms with E-state index in [1.54, 1.807) is 26.2 Å². The number of hydrogen-bond donors (Lipinski definition) is 3. The molecule has 2 saturated carbocycles. The molecule has 638 valence electrons. The number of methoxy groups -OCH3 is 3. The molecule has 6 aromatic heterocycles. The van der Waals surface area contributed by atoms with E-state index in [2.05, 4.69) is 112 Å². The van der Waals surface area contributed by atoms with Crippen molar-refractivity contribution >= 4 is 49.8 Å². The van der Waals surface area contributed by atoms with Gasteiger partial charge in [-0.1, -0.05) is 20.8 Å². The number of nitrogens with one attached hydrogen (secondary N) is 3. The van der Waals surface area contributed by atoms with Gasteiger partial charge in [-0.25, -0.2) is 32.5 Å². The Morgan fingerprint density at radius 3 is 1.13 bits per heavy atom. The van der Waals surface area contributed by atoms with E-state index in [0.717, 1.165) is 216 Å². The van der Waals surface area contributed by atoms with Gasteiger partial charge < -0.3 is 82.1 Å². The first-order valence-corrected chi connectivity index (χ1v) is 43.9. The van der Waals surface area contributed by atoms with E-state index < -0.39 is 11.8 Å². The number of aryl methyl sites for hydroxylation is 3. The minimum atomic E-state index is -2.57. The summed E-state index contributed by atoms with van der Waals surface area (Å²) in [4.78, 5) is 28.8. The van der Waals surface area contributed by atoms with Gasteiger partial charge in [0.25, 0.3) is 11.8 Å². The van der Waals surface area contributed by atoms with E-state index in [9.17, 15) is 17.6 Å². The van der Waals surface area contributed by atoms with Crippen LogP contribution in [0.4, 0.5) is 34.6 Å². The van der Waals surface area contributed by atoms with Gasteiger partial charge in [0, 0.05) is 153 Å². The first-order chi connectivity index (χ1) is 57.3. The lowest BCUT2D eigenvalue weighted by Gasteiger charge is -2.52. The summed E-state index contributed by atoms with van der Waals surface area (Å²) in [6.07, 6.45) is 19.7. The van der Waals surface area contributed by atoms with Crippen LogP contribution in [0.3, 0.4) is 0 Å². The molecule has 0 radical (unpaired) electrons. The molecule has 17 rings (SSSR count). The lowest BCUT2D eigenvalue weighted by molar-refractivity contribution is -0.0554. The van der Waals surface area contributed by atoms with Crippen LogP contribution >= 0.6 is 0 Å². The number of piperidine rings is 4. The number of ether oxygens (including phenoxy) is 6. The predicted molar refractivity (Wildman–Crippen MR) is 460 cm³/mol. The number of nitrogens with zero attached hydrogens (tertiary/aromatic N) is 9. The molecule has 0 amide bonds. The Morgan fingerprint density at radius 2 is 0.771 bits per heavy atom. The molecule has 9 aromatic rings. The van der Waals surface area contributed by atoms with Gasteiger partial charge in [-0.2, -0.15) is 0 Å². The second-order valence-electron chi connectivity index (χ2n) is 34.3. The highest BCUT2D eigenvalue weighted by atomic mass is 19.3. The monoisotopic (exact) mass is 1630 g/mol. The van der Waals surface area contributed by atoms with E-state index >= 15 is 0 Å². The molecular formula is C93H124F4N12O9. The van der Waals surface area contributed by atoms with Crippen molar-refractivity contribution in [1.29, 1.82) is 0 Å². The summed E-state index contributed by atoms with van der Waals surface area (Å²) in [5.74, 6) is 4.02. The largest absolute Gasteiger partial charge is 0.493 e. The maximum atomic E-state index is 13.5. The highest BCUT2D eigenvalue weighted by Gasteiger charge is 2.48. The van der Waals surface area contributed by atoms with Gasteiger partial charge in [0.1, 0.15) is 34.4 Å². The number of aromatic nitrogens is 3. The smallest absolute Gasteiger partial charge is 0.261 e.